The van der Waals surface area contributed by atoms with Crippen LogP contribution in [0.25, 0.3) is 0 Å². The van der Waals surface area contributed by atoms with Gasteiger partial charge in [0.15, 0.2) is 0 Å². The summed E-state index contributed by atoms with van der Waals surface area (Å²) in [5.74, 6) is -0.119. The minimum atomic E-state index is -0.247. The molecular weight excluding hydrogens is 306 g/mol. The van der Waals surface area contributed by atoms with Gasteiger partial charge in [0.1, 0.15) is 0 Å². The molecule has 0 unspecified atom stereocenters. The molecule has 6 heteroatoms. The van der Waals surface area contributed by atoms with Gasteiger partial charge in [-0.25, -0.2) is 0 Å². The van der Waals surface area contributed by atoms with Crippen LogP contribution < -0.4 is 5.32 Å². The largest absolute Gasteiger partial charge is 0.378 e. The lowest BCUT2D eigenvalue weighted by Crippen LogP contribution is -2.48. The highest BCUT2D eigenvalue weighted by Crippen LogP contribution is 2.19. The number of benzene rings is 1. The highest BCUT2D eigenvalue weighted by Gasteiger charge is 2.35. The second-order valence-electron chi connectivity index (χ2n) is 6.97. The second-order valence-corrected chi connectivity index (χ2v) is 6.97. The Kier molecular flexibility index (Phi) is 4.24. The number of hydrogen-bond acceptors (Lipinski definition) is 4. The first-order valence-corrected chi connectivity index (χ1v) is 8.64. The predicted molar refractivity (Wildman–Crippen MR) is 88.2 cm³/mol. The first kappa shape index (κ1) is 15.6. The van der Waals surface area contributed by atoms with Crippen LogP contribution in [-0.2, 0) is 27.3 Å². The maximum Gasteiger partial charge on any atom is 0.236 e. The number of nitrogens with zero attached hydrogens (tertiary/aromatic N) is 2. The summed E-state index contributed by atoms with van der Waals surface area (Å²) in [5, 5.41) is 2.97. The van der Waals surface area contributed by atoms with E-state index >= 15 is 0 Å². The molecule has 2 bridgehead atoms. The zero-order chi connectivity index (χ0) is 16.5. The Hall–Kier alpha value is -1.92. The van der Waals surface area contributed by atoms with Crippen LogP contribution in [0.15, 0.2) is 24.3 Å². The average Bonchev–Trinajstić information content (AvgIpc) is 2.83. The van der Waals surface area contributed by atoms with Crippen molar-refractivity contribution in [2.45, 2.75) is 19.0 Å². The smallest absolute Gasteiger partial charge is 0.236 e. The van der Waals surface area contributed by atoms with Crippen LogP contribution in [0.1, 0.15) is 11.1 Å². The number of carbonyl (C=O) groups excluding carboxylic acids is 2. The van der Waals surface area contributed by atoms with E-state index in [9.17, 15) is 9.59 Å². The Morgan fingerprint density at radius 1 is 1.21 bits per heavy atom. The third-order valence-electron chi connectivity index (χ3n) is 5.16. The van der Waals surface area contributed by atoms with Crippen LogP contribution in [0.5, 0.6) is 0 Å². The molecule has 128 valence electrons. The maximum atomic E-state index is 12.8. The molecule has 2 saturated heterocycles. The SMILES string of the molecule is O=C1N[C@@H]2COC[C@H]1CN(C(=O)CN1CCc3ccccc3C1)C2. The summed E-state index contributed by atoms with van der Waals surface area (Å²) in [6.07, 6.45) is 0.989. The van der Waals surface area contributed by atoms with E-state index in [0.29, 0.717) is 32.8 Å². The Morgan fingerprint density at radius 3 is 2.92 bits per heavy atom. The van der Waals surface area contributed by atoms with Crippen molar-refractivity contribution in [1.82, 2.24) is 15.1 Å². The molecule has 1 N–H and O–H groups in total. The van der Waals surface area contributed by atoms with E-state index in [1.165, 1.54) is 11.1 Å². The van der Waals surface area contributed by atoms with Gasteiger partial charge in [0, 0.05) is 26.2 Å². The zero-order valence-electron chi connectivity index (χ0n) is 13.7. The quantitative estimate of drug-likeness (QED) is 0.831. The molecular formula is C18H23N3O3. The van der Waals surface area contributed by atoms with Crippen LogP contribution in [0.4, 0.5) is 0 Å². The second kappa shape index (κ2) is 6.53. The molecule has 0 aliphatic carbocycles. The van der Waals surface area contributed by atoms with E-state index < -0.39 is 0 Å². The molecule has 6 nitrogen and oxygen atoms in total. The number of fused-ring (bicyclic) bond motifs is 4. The fraction of sp³-hybridized carbons (Fsp3) is 0.556. The summed E-state index contributed by atoms with van der Waals surface area (Å²) >= 11 is 0. The van der Waals surface area contributed by atoms with E-state index in [0.717, 1.165) is 19.5 Å². The first-order valence-electron chi connectivity index (χ1n) is 8.64. The van der Waals surface area contributed by atoms with Gasteiger partial charge in [-0.2, -0.15) is 0 Å². The zero-order valence-corrected chi connectivity index (χ0v) is 13.7. The van der Waals surface area contributed by atoms with Gasteiger partial charge >= 0.3 is 0 Å². The fourth-order valence-corrected chi connectivity index (χ4v) is 3.81. The molecule has 3 heterocycles. The van der Waals surface area contributed by atoms with Crippen molar-refractivity contribution in [3.63, 3.8) is 0 Å². The Labute approximate surface area is 141 Å². The molecule has 2 amide bonds. The molecule has 4 rings (SSSR count). The Balaban J connectivity index is 1.41. The summed E-state index contributed by atoms with van der Waals surface area (Å²) in [6, 6.07) is 8.35. The van der Waals surface area contributed by atoms with Gasteiger partial charge in [-0.1, -0.05) is 24.3 Å². The predicted octanol–water partition coefficient (Wildman–Crippen LogP) is 0.0181. The van der Waals surface area contributed by atoms with Crippen molar-refractivity contribution in [2.75, 3.05) is 39.4 Å². The van der Waals surface area contributed by atoms with Crippen LogP contribution >= 0.6 is 0 Å². The summed E-state index contributed by atoms with van der Waals surface area (Å²) in [6.45, 7) is 4.05. The summed E-state index contributed by atoms with van der Waals surface area (Å²) in [5.41, 5.74) is 2.70. The molecule has 3 aliphatic rings. The van der Waals surface area contributed by atoms with E-state index in [4.69, 9.17) is 4.74 Å². The van der Waals surface area contributed by atoms with Gasteiger partial charge in [0.2, 0.25) is 11.8 Å². The van der Waals surface area contributed by atoms with Gasteiger partial charge in [-0.05, 0) is 17.5 Å². The molecule has 0 radical (unpaired) electrons. The highest BCUT2D eigenvalue weighted by molar-refractivity contribution is 5.83. The topological polar surface area (TPSA) is 61.9 Å². The lowest BCUT2D eigenvalue weighted by Gasteiger charge is -2.32. The van der Waals surface area contributed by atoms with Gasteiger partial charge in [0.05, 0.1) is 31.7 Å². The maximum absolute atomic E-state index is 12.8. The summed E-state index contributed by atoms with van der Waals surface area (Å²) in [4.78, 5) is 28.9. The van der Waals surface area contributed by atoms with Crippen molar-refractivity contribution in [2.24, 2.45) is 5.92 Å². The molecule has 2 atom stereocenters. The van der Waals surface area contributed by atoms with E-state index in [-0.39, 0.29) is 23.8 Å². The highest BCUT2D eigenvalue weighted by atomic mass is 16.5. The number of nitrogens with one attached hydrogen (secondary N) is 1. The Morgan fingerprint density at radius 2 is 2.04 bits per heavy atom. The van der Waals surface area contributed by atoms with Crippen LogP contribution in [0.3, 0.4) is 0 Å². The van der Waals surface area contributed by atoms with Crippen LogP contribution in [-0.4, -0.2) is 67.0 Å². The third kappa shape index (κ3) is 3.16. The molecule has 0 saturated carbocycles. The number of carbonyl (C=O) groups is 2. The number of ether oxygens (including phenoxy) is 1. The van der Waals surface area contributed by atoms with Crippen LogP contribution in [0, 0.1) is 5.92 Å². The van der Waals surface area contributed by atoms with Crippen molar-refractivity contribution >= 4 is 11.8 Å². The molecule has 1 aromatic carbocycles. The number of amides is 2. The van der Waals surface area contributed by atoms with Crippen LogP contribution in [0.2, 0.25) is 0 Å². The van der Waals surface area contributed by atoms with Crippen molar-refractivity contribution in [1.29, 1.82) is 0 Å². The first-order chi connectivity index (χ1) is 11.7. The minimum Gasteiger partial charge on any atom is -0.378 e. The van der Waals surface area contributed by atoms with Gasteiger partial charge in [-0.3, -0.25) is 14.5 Å². The summed E-state index contributed by atoms with van der Waals surface area (Å²) < 4.78 is 5.52. The number of hydrogen-bond donors (Lipinski definition) is 1. The lowest BCUT2D eigenvalue weighted by atomic mass is 10.00. The normalized spacial score (nSPS) is 27.2. The molecule has 1 aromatic rings. The van der Waals surface area contributed by atoms with Gasteiger partial charge in [-0.15, -0.1) is 0 Å². The minimum absolute atomic E-state index is 0.0136. The number of rotatable bonds is 2. The molecule has 0 aromatic heterocycles. The molecule has 0 spiro atoms. The van der Waals surface area contributed by atoms with E-state index in [1.54, 1.807) is 0 Å². The third-order valence-corrected chi connectivity index (χ3v) is 5.16. The summed E-state index contributed by atoms with van der Waals surface area (Å²) in [7, 11) is 0. The van der Waals surface area contributed by atoms with Gasteiger partial charge in [0.25, 0.3) is 0 Å². The molecule has 3 aliphatic heterocycles. The van der Waals surface area contributed by atoms with Crippen molar-refractivity contribution < 1.29 is 14.3 Å². The van der Waals surface area contributed by atoms with E-state index in [1.807, 2.05) is 4.90 Å². The van der Waals surface area contributed by atoms with E-state index in [2.05, 4.69) is 34.5 Å². The fourth-order valence-electron chi connectivity index (χ4n) is 3.81. The standard InChI is InChI=1S/C18H23N3O3/c22-17(10-20-6-5-13-3-1-2-4-14(13)7-20)21-8-15-11-24-12-16(9-21)19-18(15)23/h1-4,15-16H,5-12H2,(H,19,23)/t15-,16+/m1/s1. The van der Waals surface area contributed by atoms with Gasteiger partial charge < -0.3 is 15.0 Å². The molecule has 24 heavy (non-hydrogen) atoms. The Bertz CT molecular complexity index is 648. The average molecular weight is 329 g/mol. The monoisotopic (exact) mass is 329 g/mol. The van der Waals surface area contributed by atoms with Crippen molar-refractivity contribution in [3.8, 4) is 0 Å². The van der Waals surface area contributed by atoms with Crippen molar-refractivity contribution in [3.05, 3.63) is 35.4 Å². The lowest BCUT2D eigenvalue weighted by molar-refractivity contribution is -0.135. The molecule has 2 fully saturated rings.